The molecule has 0 aromatic heterocycles. The summed E-state index contributed by atoms with van der Waals surface area (Å²) in [6.45, 7) is 0.996. The maximum atomic E-state index is 12.1. The first-order chi connectivity index (χ1) is 11.5. The van der Waals surface area contributed by atoms with E-state index in [0.717, 1.165) is 25.8 Å². The van der Waals surface area contributed by atoms with Crippen molar-refractivity contribution in [1.29, 1.82) is 0 Å². The molecule has 2 N–H and O–H groups in total. The SMILES string of the molecule is COC(=O)c1cc(NC(=O)CCC2CCCN2)cc(C(=O)OC)c1.Cl. The Bertz CT molecular complexity index is 595. The molecule has 0 spiro atoms. The van der Waals surface area contributed by atoms with E-state index in [0.29, 0.717) is 18.2 Å². The van der Waals surface area contributed by atoms with Crippen LogP contribution in [0.3, 0.4) is 0 Å². The number of hydrogen-bond acceptors (Lipinski definition) is 6. The second-order valence-electron chi connectivity index (χ2n) is 5.66. The van der Waals surface area contributed by atoms with E-state index in [1.165, 1.54) is 32.4 Å². The molecule has 0 aliphatic carbocycles. The Hall–Kier alpha value is -2.12. The molecule has 0 bridgehead atoms. The van der Waals surface area contributed by atoms with Gasteiger partial charge in [-0.25, -0.2) is 9.59 Å². The highest BCUT2D eigenvalue weighted by atomic mass is 35.5. The molecule has 1 aliphatic heterocycles. The predicted octanol–water partition coefficient (Wildman–Crippen LogP) is 2.15. The summed E-state index contributed by atoms with van der Waals surface area (Å²) < 4.78 is 9.34. The summed E-state index contributed by atoms with van der Waals surface area (Å²) in [6, 6.07) is 4.70. The van der Waals surface area contributed by atoms with Crippen LogP contribution in [-0.2, 0) is 14.3 Å². The zero-order chi connectivity index (χ0) is 17.5. The van der Waals surface area contributed by atoms with Crippen LogP contribution in [0, 0.1) is 0 Å². The monoisotopic (exact) mass is 370 g/mol. The number of amides is 1. The summed E-state index contributed by atoms with van der Waals surface area (Å²) >= 11 is 0. The van der Waals surface area contributed by atoms with E-state index in [-0.39, 0.29) is 29.4 Å². The molecule has 138 valence electrons. The smallest absolute Gasteiger partial charge is 0.337 e. The molecule has 1 heterocycles. The van der Waals surface area contributed by atoms with Gasteiger partial charge in [0.05, 0.1) is 25.3 Å². The highest BCUT2D eigenvalue weighted by Crippen LogP contribution is 2.18. The minimum absolute atomic E-state index is 0. The second kappa shape index (κ2) is 10.0. The minimum atomic E-state index is -0.591. The third-order valence-corrected chi connectivity index (χ3v) is 3.94. The van der Waals surface area contributed by atoms with Crippen molar-refractivity contribution >= 4 is 35.9 Å². The average Bonchev–Trinajstić information content (AvgIpc) is 3.11. The van der Waals surface area contributed by atoms with E-state index in [1.807, 2.05) is 0 Å². The molecule has 7 nitrogen and oxygen atoms in total. The van der Waals surface area contributed by atoms with Gasteiger partial charge in [0, 0.05) is 18.2 Å². The molecule has 1 aromatic carbocycles. The molecular weight excluding hydrogens is 348 g/mol. The number of rotatable bonds is 6. The molecule has 1 aromatic rings. The molecule has 1 amide bonds. The molecule has 1 atom stereocenters. The van der Waals surface area contributed by atoms with Crippen molar-refractivity contribution in [1.82, 2.24) is 5.32 Å². The number of methoxy groups -OCH3 is 2. The fraction of sp³-hybridized carbons (Fsp3) is 0.471. The van der Waals surface area contributed by atoms with Gasteiger partial charge in [-0.05, 0) is 44.0 Å². The van der Waals surface area contributed by atoms with Gasteiger partial charge in [-0.15, -0.1) is 12.4 Å². The number of esters is 2. The van der Waals surface area contributed by atoms with Crippen LogP contribution in [0.5, 0.6) is 0 Å². The lowest BCUT2D eigenvalue weighted by Gasteiger charge is -2.11. The number of carbonyl (C=O) groups is 3. The average molecular weight is 371 g/mol. The summed E-state index contributed by atoms with van der Waals surface area (Å²) in [4.78, 5) is 35.5. The van der Waals surface area contributed by atoms with Crippen molar-refractivity contribution in [2.24, 2.45) is 0 Å². The Balaban J connectivity index is 0.00000312. The summed E-state index contributed by atoms with van der Waals surface area (Å²) in [5.41, 5.74) is 0.712. The number of anilines is 1. The number of carbonyl (C=O) groups excluding carboxylic acids is 3. The van der Waals surface area contributed by atoms with Crippen LogP contribution in [0.25, 0.3) is 0 Å². The summed E-state index contributed by atoms with van der Waals surface area (Å²) in [6.07, 6.45) is 3.34. The lowest BCUT2D eigenvalue weighted by Crippen LogP contribution is -2.23. The molecule has 1 fully saturated rings. The Kier molecular flexibility index (Phi) is 8.37. The molecule has 1 saturated heterocycles. The first-order valence-corrected chi connectivity index (χ1v) is 7.88. The second-order valence-corrected chi connectivity index (χ2v) is 5.66. The van der Waals surface area contributed by atoms with E-state index in [1.54, 1.807) is 0 Å². The van der Waals surface area contributed by atoms with Crippen molar-refractivity contribution in [3.8, 4) is 0 Å². The van der Waals surface area contributed by atoms with Crippen LogP contribution in [-0.4, -0.2) is 44.7 Å². The molecule has 1 unspecified atom stereocenters. The van der Waals surface area contributed by atoms with Gasteiger partial charge in [-0.2, -0.15) is 0 Å². The van der Waals surface area contributed by atoms with Crippen LogP contribution in [0.15, 0.2) is 18.2 Å². The van der Waals surface area contributed by atoms with Gasteiger partial charge in [-0.3, -0.25) is 4.79 Å². The number of hydrogen-bond donors (Lipinski definition) is 2. The van der Waals surface area contributed by atoms with Crippen molar-refractivity contribution in [2.45, 2.75) is 31.7 Å². The number of nitrogens with one attached hydrogen (secondary N) is 2. The van der Waals surface area contributed by atoms with Crippen molar-refractivity contribution in [2.75, 3.05) is 26.1 Å². The molecule has 1 aliphatic rings. The first kappa shape index (κ1) is 20.9. The van der Waals surface area contributed by atoms with Gasteiger partial charge in [-0.1, -0.05) is 0 Å². The van der Waals surface area contributed by atoms with Gasteiger partial charge >= 0.3 is 11.9 Å². The van der Waals surface area contributed by atoms with E-state index in [2.05, 4.69) is 20.1 Å². The lowest BCUT2D eigenvalue weighted by molar-refractivity contribution is -0.116. The van der Waals surface area contributed by atoms with E-state index in [4.69, 9.17) is 0 Å². The first-order valence-electron chi connectivity index (χ1n) is 7.88. The summed E-state index contributed by atoms with van der Waals surface area (Å²) in [7, 11) is 2.50. The summed E-state index contributed by atoms with van der Waals surface area (Å²) in [5.74, 6) is -1.35. The molecule has 2 rings (SSSR count). The zero-order valence-electron chi connectivity index (χ0n) is 14.3. The van der Waals surface area contributed by atoms with E-state index in [9.17, 15) is 14.4 Å². The number of halogens is 1. The van der Waals surface area contributed by atoms with Crippen LogP contribution < -0.4 is 10.6 Å². The zero-order valence-corrected chi connectivity index (χ0v) is 15.1. The quantitative estimate of drug-likeness (QED) is 0.745. The van der Waals surface area contributed by atoms with Gasteiger partial charge in [0.25, 0.3) is 0 Å². The van der Waals surface area contributed by atoms with Crippen molar-refractivity contribution in [3.63, 3.8) is 0 Å². The van der Waals surface area contributed by atoms with Crippen LogP contribution in [0.2, 0.25) is 0 Å². The van der Waals surface area contributed by atoms with Gasteiger partial charge in [0.2, 0.25) is 5.91 Å². The van der Waals surface area contributed by atoms with Crippen molar-refractivity contribution < 1.29 is 23.9 Å². The van der Waals surface area contributed by atoms with E-state index < -0.39 is 11.9 Å². The Morgan fingerprint density at radius 1 is 1.12 bits per heavy atom. The van der Waals surface area contributed by atoms with Gasteiger partial charge in [0.1, 0.15) is 0 Å². The Morgan fingerprint density at radius 3 is 2.20 bits per heavy atom. The third kappa shape index (κ3) is 6.03. The Labute approximate surface area is 152 Å². The fourth-order valence-corrected chi connectivity index (χ4v) is 2.70. The topological polar surface area (TPSA) is 93.7 Å². The van der Waals surface area contributed by atoms with E-state index >= 15 is 0 Å². The third-order valence-electron chi connectivity index (χ3n) is 3.94. The van der Waals surface area contributed by atoms with Crippen molar-refractivity contribution in [3.05, 3.63) is 29.3 Å². The maximum absolute atomic E-state index is 12.1. The highest BCUT2D eigenvalue weighted by Gasteiger charge is 2.17. The Morgan fingerprint density at radius 2 is 1.72 bits per heavy atom. The molecule has 0 saturated carbocycles. The standard InChI is InChI=1S/C17H22N2O5.ClH/c1-23-16(21)11-8-12(17(22)24-2)10-14(9-11)19-15(20)6-5-13-4-3-7-18-13;/h8-10,13,18H,3-7H2,1-2H3,(H,19,20);1H. The molecular formula is C17H23ClN2O5. The number of benzene rings is 1. The largest absolute Gasteiger partial charge is 0.465 e. The van der Waals surface area contributed by atoms with Gasteiger partial charge in [0.15, 0.2) is 0 Å². The molecule has 8 heteroatoms. The fourth-order valence-electron chi connectivity index (χ4n) is 2.70. The number of ether oxygens (including phenoxy) is 2. The minimum Gasteiger partial charge on any atom is -0.465 e. The van der Waals surface area contributed by atoms with Crippen LogP contribution in [0.1, 0.15) is 46.4 Å². The maximum Gasteiger partial charge on any atom is 0.337 e. The lowest BCUT2D eigenvalue weighted by atomic mass is 10.1. The highest BCUT2D eigenvalue weighted by molar-refractivity contribution is 5.99. The van der Waals surface area contributed by atoms with Crippen LogP contribution >= 0.6 is 12.4 Å². The summed E-state index contributed by atoms with van der Waals surface area (Å²) in [5, 5.41) is 6.06. The predicted molar refractivity (Wildman–Crippen MR) is 95.3 cm³/mol. The molecule has 25 heavy (non-hydrogen) atoms. The van der Waals surface area contributed by atoms with Crippen LogP contribution in [0.4, 0.5) is 5.69 Å². The molecule has 0 radical (unpaired) electrons. The normalized spacial score (nSPS) is 15.8. The van der Waals surface area contributed by atoms with Gasteiger partial charge < -0.3 is 20.1 Å².